The second-order valence-electron chi connectivity index (χ2n) is 8.60. The maximum atomic E-state index is 13.2. The van der Waals surface area contributed by atoms with E-state index in [0.29, 0.717) is 12.1 Å². The molecule has 0 spiro atoms. The Morgan fingerprint density at radius 2 is 1.65 bits per heavy atom. The van der Waals surface area contributed by atoms with Gasteiger partial charge in [0, 0.05) is 0 Å². The fraction of sp³-hybridized carbons (Fsp3) is 1.00. The van der Waals surface area contributed by atoms with E-state index in [1.54, 1.807) is 0 Å². The number of alkyl halides is 1. The van der Waals surface area contributed by atoms with Gasteiger partial charge in [0.15, 0.2) is 0 Å². The van der Waals surface area contributed by atoms with Crippen LogP contribution >= 0.6 is 0 Å². The van der Waals surface area contributed by atoms with Crippen molar-refractivity contribution in [3.8, 4) is 0 Å². The molecular formula is C19H36FN3. The normalized spacial score (nSPS) is 45.8. The lowest BCUT2D eigenvalue weighted by Crippen LogP contribution is -2.57. The summed E-state index contributed by atoms with van der Waals surface area (Å²) in [5.41, 5.74) is 6.28. The van der Waals surface area contributed by atoms with E-state index >= 15 is 0 Å². The molecule has 0 amide bonds. The third-order valence-corrected chi connectivity index (χ3v) is 6.67. The molecule has 2 aliphatic carbocycles. The van der Waals surface area contributed by atoms with Crippen molar-refractivity contribution < 1.29 is 4.39 Å². The number of nitrogens with two attached hydrogens (primary N) is 1. The lowest BCUT2D eigenvalue weighted by Gasteiger charge is -2.41. The molecule has 1 heterocycles. The van der Waals surface area contributed by atoms with Crippen molar-refractivity contribution in [1.29, 1.82) is 0 Å². The highest BCUT2D eigenvalue weighted by molar-refractivity contribution is 4.87. The maximum Gasteiger partial charge on any atom is 0.100 e. The van der Waals surface area contributed by atoms with Gasteiger partial charge in [-0.05, 0) is 81.6 Å². The minimum absolute atomic E-state index is 0.132. The second-order valence-corrected chi connectivity index (χ2v) is 8.60. The molecule has 1 saturated heterocycles. The Labute approximate surface area is 141 Å². The smallest absolute Gasteiger partial charge is 0.100 e. The average Bonchev–Trinajstić information content (AvgIpc) is 2.54. The SMILES string of the molecule is CC1CCC(C2CC(N)NC(NCC3CCC(F)CC3)C2)CC1. The van der Waals surface area contributed by atoms with Crippen molar-refractivity contribution in [2.75, 3.05) is 6.54 Å². The predicted octanol–water partition coefficient (Wildman–Crippen LogP) is 3.54. The van der Waals surface area contributed by atoms with Crippen LogP contribution in [-0.2, 0) is 0 Å². The molecule has 0 aromatic rings. The number of hydrogen-bond donors (Lipinski definition) is 3. The van der Waals surface area contributed by atoms with E-state index in [1.165, 1.54) is 32.1 Å². The van der Waals surface area contributed by atoms with Crippen LogP contribution in [0.2, 0.25) is 0 Å². The fourth-order valence-corrected chi connectivity index (χ4v) is 5.04. The van der Waals surface area contributed by atoms with Gasteiger partial charge >= 0.3 is 0 Å². The number of piperidine rings is 1. The summed E-state index contributed by atoms with van der Waals surface area (Å²) in [6.45, 7) is 3.41. The molecule has 0 bridgehead atoms. The van der Waals surface area contributed by atoms with Crippen LogP contribution in [0.4, 0.5) is 4.39 Å². The van der Waals surface area contributed by atoms with Crippen LogP contribution in [0.1, 0.15) is 71.1 Å². The molecule has 3 aliphatic rings. The number of halogens is 1. The van der Waals surface area contributed by atoms with E-state index in [0.717, 1.165) is 56.4 Å². The van der Waals surface area contributed by atoms with Gasteiger partial charge in [-0.3, -0.25) is 5.32 Å². The topological polar surface area (TPSA) is 50.1 Å². The molecule has 4 N–H and O–H groups in total. The van der Waals surface area contributed by atoms with Crippen LogP contribution < -0.4 is 16.4 Å². The Balaban J connectivity index is 1.44. The van der Waals surface area contributed by atoms with Crippen LogP contribution in [-0.4, -0.2) is 25.0 Å². The Hall–Kier alpha value is -0.190. The predicted molar refractivity (Wildman–Crippen MR) is 93.6 cm³/mol. The Bertz CT molecular complexity index is 349. The standard InChI is InChI=1S/C19H36FN3/c1-13-2-6-15(7-3-13)16-10-18(21)23-19(11-16)22-12-14-4-8-17(20)9-5-14/h13-19,22-23H,2-12,21H2,1H3. The van der Waals surface area contributed by atoms with E-state index in [9.17, 15) is 4.39 Å². The van der Waals surface area contributed by atoms with Gasteiger partial charge in [-0.25, -0.2) is 4.39 Å². The van der Waals surface area contributed by atoms with Gasteiger partial charge in [-0.15, -0.1) is 0 Å². The summed E-state index contributed by atoms with van der Waals surface area (Å²) in [4.78, 5) is 0. The zero-order valence-electron chi connectivity index (χ0n) is 14.8. The number of rotatable bonds is 4. The molecule has 23 heavy (non-hydrogen) atoms. The highest BCUT2D eigenvalue weighted by atomic mass is 19.1. The van der Waals surface area contributed by atoms with Gasteiger partial charge in [0.25, 0.3) is 0 Å². The summed E-state index contributed by atoms with van der Waals surface area (Å²) >= 11 is 0. The van der Waals surface area contributed by atoms with Crippen molar-refractivity contribution in [3.63, 3.8) is 0 Å². The Kier molecular flexibility index (Phi) is 6.33. The molecule has 4 heteroatoms. The van der Waals surface area contributed by atoms with Crippen LogP contribution in [0.3, 0.4) is 0 Å². The van der Waals surface area contributed by atoms with Gasteiger partial charge in [-0.1, -0.05) is 19.8 Å². The largest absolute Gasteiger partial charge is 0.316 e. The van der Waals surface area contributed by atoms with Gasteiger partial charge < -0.3 is 11.1 Å². The Morgan fingerprint density at radius 1 is 0.957 bits per heavy atom. The first-order valence-corrected chi connectivity index (χ1v) is 9.99. The third-order valence-electron chi connectivity index (χ3n) is 6.67. The van der Waals surface area contributed by atoms with Crippen LogP contribution in [0.5, 0.6) is 0 Å². The van der Waals surface area contributed by atoms with Crippen molar-refractivity contribution in [3.05, 3.63) is 0 Å². The quantitative estimate of drug-likeness (QED) is 0.741. The summed E-state index contributed by atoms with van der Waals surface area (Å²) in [5.74, 6) is 3.22. The third kappa shape index (κ3) is 5.14. The maximum absolute atomic E-state index is 13.2. The first-order valence-electron chi connectivity index (χ1n) is 9.99. The second kappa shape index (κ2) is 8.26. The van der Waals surface area contributed by atoms with Crippen molar-refractivity contribution in [2.24, 2.45) is 29.4 Å². The number of hydrogen-bond acceptors (Lipinski definition) is 3. The summed E-state index contributed by atoms with van der Waals surface area (Å²) in [6, 6.07) is 0. The summed E-state index contributed by atoms with van der Waals surface area (Å²) in [5, 5.41) is 7.24. The van der Waals surface area contributed by atoms with Gasteiger partial charge in [0.05, 0.1) is 12.3 Å². The summed E-state index contributed by atoms with van der Waals surface area (Å²) in [6.07, 6.45) is 11.5. The van der Waals surface area contributed by atoms with Crippen molar-refractivity contribution in [1.82, 2.24) is 10.6 Å². The van der Waals surface area contributed by atoms with Crippen molar-refractivity contribution >= 4 is 0 Å². The monoisotopic (exact) mass is 325 g/mol. The molecule has 0 aromatic carbocycles. The molecule has 3 fully saturated rings. The molecule has 2 saturated carbocycles. The molecule has 3 unspecified atom stereocenters. The molecular weight excluding hydrogens is 289 g/mol. The fourth-order valence-electron chi connectivity index (χ4n) is 5.04. The van der Waals surface area contributed by atoms with Gasteiger partial charge in [-0.2, -0.15) is 0 Å². The Morgan fingerprint density at radius 3 is 2.35 bits per heavy atom. The molecule has 0 radical (unpaired) electrons. The van der Waals surface area contributed by atoms with Gasteiger partial charge in [0.2, 0.25) is 0 Å². The zero-order chi connectivity index (χ0) is 16.2. The van der Waals surface area contributed by atoms with Crippen LogP contribution in [0.15, 0.2) is 0 Å². The minimum Gasteiger partial charge on any atom is -0.316 e. The lowest BCUT2D eigenvalue weighted by molar-refractivity contribution is 0.120. The van der Waals surface area contributed by atoms with E-state index in [4.69, 9.17) is 5.73 Å². The summed E-state index contributed by atoms with van der Waals surface area (Å²) in [7, 11) is 0. The van der Waals surface area contributed by atoms with E-state index < -0.39 is 6.17 Å². The molecule has 0 aromatic heterocycles. The molecule has 3 atom stereocenters. The van der Waals surface area contributed by atoms with E-state index in [1.807, 2.05) is 0 Å². The average molecular weight is 326 g/mol. The van der Waals surface area contributed by atoms with Crippen LogP contribution in [0, 0.1) is 23.7 Å². The highest BCUT2D eigenvalue weighted by Crippen LogP contribution is 2.38. The first kappa shape index (κ1) is 17.6. The minimum atomic E-state index is -0.550. The summed E-state index contributed by atoms with van der Waals surface area (Å²) < 4.78 is 13.2. The molecule has 3 rings (SSSR count). The highest BCUT2D eigenvalue weighted by Gasteiger charge is 2.33. The van der Waals surface area contributed by atoms with Crippen LogP contribution in [0.25, 0.3) is 0 Å². The first-order chi connectivity index (χ1) is 11.1. The zero-order valence-corrected chi connectivity index (χ0v) is 14.8. The molecule has 134 valence electrons. The van der Waals surface area contributed by atoms with E-state index in [2.05, 4.69) is 17.6 Å². The molecule has 3 nitrogen and oxygen atoms in total. The number of nitrogens with one attached hydrogen (secondary N) is 2. The van der Waals surface area contributed by atoms with E-state index in [-0.39, 0.29) is 6.17 Å². The van der Waals surface area contributed by atoms with Crippen molar-refractivity contribution in [2.45, 2.75) is 89.6 Å². The lowest BCUT2D eigenvalue weighted by atomic mass is 9.72. The molecule has 1 aliphatic heterocycles. The van der Waals surface area contributed by atoms with Gasteiger partial charge in [0.1, 0.15) is 6.17 Å².